The molecule has 11 heteroatoms. The maximum atomic E-state index is 13.0. The molecule has 3 aliphatic heterocycles. The van der Waals surface area contributed by atoms with Crippen molar-refractivity contribution in [2.24, 2.45) is 0 Å². The minimum atomic E-state index is -5.04. The zero-order chi connectivity index (χ0) is 20.5. The summed E-state index contributed by atoms with van der Waals surface area (Å²) in [7, 11) is 0. The van der Waals surface area contributed by atoms with E-state index in [9.17, 15) is 27.6 Å². The standard InChI is InChI=1S/C17H12ClF3N4O3/c1-7-10(3-2-8(5-22)12(7)18)25-14(26)13-11-4-9(24(13)16(25)28)6-23(11)15(27)17(19,20)21/h2-3,9,11,13H,4,6H2,1H3. The minimum absolute atomic E-state index is 0.0875. The van der Waals surface area contributed by atoms with Gasteiger partial charge in [-0.2, -0.15) is 18.4 Å². The van der Waals surface area contributed by atoms with E-state index in [0.29, 0.717) is 10.5 Å². The maximum absolute atomic E-state index is 13.0. The Bertz CT molecular complexity index is 974. The molecule has 0 aromatic heterocycles. The number of carbonyl (C=O) groups is 3. The van der Waals surface area contributed by atoms with Crippen LogP contribution in [-0.4, -0.2) is 58.5 Å². The van der Waals surface area contributed by atoms with E-state index in [2.05, 4.69) is 0 Å². The monoisotopic (exact) mass is 412 g/mol. The average molecular weight is 413 g/mol. The Balaban J connectivity index is 1.70. The third kappa shape index (κ3) is 2.32. The van der Waals surface area contributed by atoms with E-state index < -0.39 is 42.1 Å². The number of benzene rings is 1. The molecule has 3 fully saturated rings. The Morgan fingerprint density at radius 3 is 2.61 bits per heavy atom. The highest BCUT2D eigenvalue weighted by Gasteiger charge is 2.64. The lowest BCUT2D eigenvalue weighted by molar-refractivity contribution is -0.188. The number of nitrogens with zero attached hydrogens (tertiary/aromatic N) is 4. The van der Waals surface area contributed by atoms with E-state index in [-0.39, 0.29) is 29.2 Å². The van der Waals surface area contributed by atoms with Gasteiger partial charge in [0, 0.05) is 6.54 Å². The molecule has 3 aliphatic rings. The number of piperazine rings is 1. The van der Waals surface area contributed by atoms with Crippen molar-refractivity contribution in [1.82, 2.24) is 9.80 Å². The van der Waals surface area contributed by atoms with Crippen LogP contribution in [0.4, 0.5) is 23.7 Å². The molecule has 3 heterocycles. The third-order valence-corrected chi connectivity index (χ3v) is 5.97. The number of hydrogen-bond donors (Lipinski definition) is 0. The van der Waals surface area contributed by atoms with E-state index >= 15 is 0 Å². The van der Waals surface area contributed by atoms with Crippen LogP contribution >= 0.6 is 11.6 Å². The van der Waals surface area contributed by atoms with Crippen LogP contribution in [-0.2, 0) is 9.59 Å². The predicted molar refractivity (Wildman–Crippen MR) is 89.4 cm³/mol. The van der Waals surface area contributed by atoms with E-state index in [1.165, 1.54) is 24.0 Å². The Labute approximate surface area is 161 Å². The fraction of sp³-hybridized carbons (Fsp3) is 0.412. The average Bonchev–Trinajstić information content (AvgIpc) is 3.28. The highest BCUT2D eigenvalue weighted by Crippen LogP contribution is 2.44. The van der Waals surface area contributed by atoms with Crippen LogP contribution in [0.1, 0.15) is 17.5 Å². The van der Waals surface area contributed by atoms with Crippen molar-refractivity contribution in [3.05, 3.63) is 28.3 Å². The second-order valence-electron chi connectivity index (χ2n) is 6.90. The molecule has 2 bridgehead atoms. The summed E-state index contributed by atoms with van der Waals surface area (Å²) in [5.41, 5.74) is 0.671. The van der Waals surface area contributed by atoms with Gasteiger partial charge >= 0.3 is 18.1 Å². The molecular formula is C17H12ClF3N4O3. The Hall–Kier alpha value is -2.80. The summed E-state index contributed by atoms with van der Waals surface area (Å²) < 4.78 is 38.5. The molecule has 7 nitrogen and oxygen atoms in total. The number of fused-ring (bicyclic) bond motifs is 5. The minimum Gasteiger partial charge on any atom is -0.327 e. The summed E-state index contributed by atoms with van der Waals surface area (Å²) in [4.78, 5) is 40.3. The highest BCUT2D eigenvalue weighted by atomic mass is 35.5. The van der Waals surface area contributed by atoms with Crippen LogP contribution in [0.3, 0.4) is 0 Å². The molecule has 0 spiro atoms. The summed E-state index contributed by atoms with van der Waals surface area (Å²) in [6, 6.07) is 1.16. The first-order chi connectivity index (χ1) is 13.1. The van der Waals surface area contributed by atoms with Gasteiger partial charge in [0.2, 0.25) is 0 Å². The molecule has 3 saturated heterocycles. The number of anilines is 1. The number of likely N-dealkylation sites (tertiary alicyclic amines) is 1. The fourth-order valence-corrected chi connectivity index (χ4v) is 4.48. The normalized spacial score (nSPS) is 26.1. The lowest BCUT2D eigenvalue weighted by atomic mass is 10.1. The van der Waals surface area contributed by atoms with E-state index in [1.54, 1.807) is 0 Å². The summed E-state index contributed by atoms with van der Waals surface area (Å²) in [6.45, 7) is 1.27. The zero-order valence-corrected chi connectivity index (χ0v) is 15.1. The van der Waals surface area contributed by atoms with Gasteiger partial charge in [0.25, 0.3) is 5.91 Å². The van der Waals surface area contributed by atoms with E-state index in [1.807, 2.05) is 6.07 Å². The number of hydrogen-bond acceptors (Lipinski definition) is 4. The van der Waals surface area contributed by atoms with Gasteiger partial charge < -0.3 is 9.80 Å². The molecule has 4 amide bonds. The third-order valence-electron chi connectivity index (χ3n) is 5.49. The van der Waals surface area contributed by atoms with Crippen molar-refractivity contribution >= 4 is 35.1 Å². The van der Waals surface area contributed by atoms with Crippen LogP contribution in [0.2, 0.25) is 5.02 Å². The number of imide groups is 1. The fourth-order valence-electron chi connectivity index (χ4n) is 4.28. The molecule has 0 saturated carbocycles. The van der Waals surface area contributed by atoms with Gasteiger partial charge in [-0.05, 0) is 31.0 Å². The zero-order valence-electron chi connectivity index (χ0n) is 14.3. The number of urea groups is 1. The Kier molecular flexibility index (Phi) is 3.88. The Morgan fingerprint density at radius 2 is 2.00 bits per heavy atom. The summed E-state index contributed by atoms with van der Waals surface area (Å²) >= 11 is 6.11. The molecular weight excluding hydrogens is 401 g/mol. The van der Waals surface area contributed by atoms with Crippen molar-refractivity contribution in [3.63, 3.8) is 0 Å². The van der Waals surface area contributed by atoms with Gasteiger partial charge in [0.1, 0.15) is 12.1 Å². The first-order valence-electron chi connectivity index (χ1n) is 8.31. The number of amides is 4. The molecule has 0 radical (unpaired) electrons. The molecule has 1 aromatic carbocycles. The number of halogens is 4. The van der Waals surface area contributed by atoms with Gasteiger partial charge in [0.05, 0.1) is 28.4 Å². The van der Waals surface area contributed by atoms with E-state index in [0.717, 1.165) is 4.90 Å². The maximum Gasteiger partial charge on any atom is 0.471 e. The quantitative estimate of drug-likeness (QED) is 0.662. The lowest BCUT2D eigenvalue weighted by Gasteiger charge is -2.35. The SMILES string of the molecule is Cc1c(N2C(=O)C3C4CC(CN4C(=O)C(F)(F)F)N3C2=O)ccc(C#N)c1Cl. The highest BCUT2D eigenvalue weighted by molar-refractivity contribution is 6.33. The first kappa shape index (κ1) is 18.6. The van der Waals surface area contributed by atoms with Crippen LogP contribution in [0.15, 0.2) is 12.1 Å². The molecule has 0 N–H and O–H groups in total. The molecule has 0 aliphatic carbocycles. The second-order valence-corrected chi connectivity index (χ2v) is 7.28. The summed E-state index contributed by atoms with van der Waals surface area (Å²) in [6.07, 6.45) is -4.91. The first-order valence-corrected chi connectivity index (χ1v) is 8.69. The van der Waals surface area contributed by atoms with Gasteiger partial charge in [0.15, 0.2) is 0 Å². The molecule has 146 valence electrons. The van der Waals surface area contributed by atoms with Gasteiger partial charge in [-0.3, -0.25) is 9.59 Å². The number of rotatable bonds is 1. The smallest absolute Gasteiger partial charge is 0.327 e. The van der Waals surface area contributed by atoms with Gasteiger partial charge in [-0.15, -0.1) is 0 Å². The number of alkyl halides is 3. The molecule has 3 atom stereocenters. The van der Waals surface area contributed by atoms with Crippen molar-refractivity contribution < 1.29 is 27.6 Å². The Morgan fingerprint density at radius 1 is 1.32 bits per heavy atom. The van der Waals surface area contributed by atoms with Crippen LogP contribution in [0.5, 0.6) is 0 Å². The largest absolute Gasteiger partial charge is 0.471 e. The molecule has 28 heavy (non-hydrogen) atoms. The number of nitriles is 1. The van der Waals surface area contributed by atoms with Crippen LogP contribution < -0.4 is 4.90 Å². The number of carbonyl (C=O) groups excluding carboxylic acids is 3. The molecule has 4 rings (SSSR count). The van der Waals surface area contributed by atoms with Crippen molar-refractivity contribution in [1.29, 1.82) is 5.26 Å². The van der Waals surface area contributed by atoms with Gasteiger partial charge in [-0.1, -0.05) is 11.6 Å². The summed E-state index contributed by atoms with van der Waals surface area (Å²) in [5.74, 6) is -2.71. The van der Waals surface area contributed by atoms with Crippen molar-refractivity contribution in [2.45, 2.75) is 37.6 Å². The topological polar surface area (TPSA) is 84.7 Å². The molecule has 3 unspecified atom stereocenters. The van der Waals surface area contributed by atoms with Crippen LogP contribution in [0.25, 0.3) is 0 Å². The lowest BCUT2D eigenvalue weighted by Crippen LogP contribution is -2.57. The van der Waals surface area contributed by atoms with Crippen LogP contribution in [0, 0.1) is 18.3 Å². The predicted octanol–water partition coefficient (Wildman–Crippen LogP) is 2.20. The van der Waals surface area contributed by atoms with Gasteiger partial charge in [-0.25, -0.2) is 9.69 Å². The second kappa shape index (κ2) is 5.85. The van der Waals surface area contributed by atoms with E-state index in [4.69, 9.17) is 16.9 Å². The summed E-state index contributed by atoms with van der Waals surface area (Å²) in [5, 5.41) is 9.13. The molecule has 1 aromatic rings. The van der Waals surface area contributed by atoms with Crippen molar-refractivity contribution in [3.8, 4) is 6.07 Å². The van der Waals surface area contributed by atoms with Crippen molar-refractivity contribution in [2.75, 3.05) is 11.4 Å².